The largest absolute Gasteiger partial charge is 0.496 e. The van der Waals surface area contributed by atoms with Crippen molar-refractivity contribution in [1.29, 1.82) is 0 Å². The fourth-order valence-electron chi connectivity index (χ4n) is 3.33. The third-order valence-corrected chi connectivity index (χ3v) is 4.49. The molecule has 0 unspecified atom stereocenters. The normalized spacial score (nSPS) is 33.5. The summed E-state index contributed by atoms with van der Waals surface area (Å²) in [5, 5.41) is 10.4. The van der Waals surface area contributed by atoms with Crippen LogP contribution in [0.1, 0.15) is 33.3 Å². The van der Waals surface area contributed by atoms with Crippen molar-refractivity contribution in [1.82, 2.24) is 0 Å². The first-order valence-corrected chi connectivity index (χ1v) is 8.87. The summed E-state index contributed by atoms with van der Waals surface area (Å²) in [5.41, 5.74) is 0.941. The van der Waals surface area contributed by atoms with Gasteiger partial charge in [0.15, 0.2) is 11.6 Å². The van der Waals surface area contributed by atoms with Gasteiger partial charge in [0.1, 0.15) is 30.2 Å². The van der Waals surface area contributed by atoms with Crippen molar-refractivity contribution in [2.45, 2.75) is 63.7 Å². The highest BCUT2D eigenvalue weighted by molar-refractivity contribution is 5.57. The fraction of sp³-hybridized carbons (Fsp3) is 0.600. The van der Waals surface area contributed by atoms with Gasteiger partial charge in [-0.15, -0.1) is 0 Å². The summed E-state index contributed by atoms with van der Waals surface area (Å²) < 4.78 is 29.0. The molecule has 2 aliphatic heterocycles. The lowest BCUT2D eigenvalue weighted by atomic mass is 10.0. The van der Waals surface area contributed by atoms with Crippen molar-refractivity contribution in [3.05, 3.63) is 35.9 Å². The van der Waals surface area contributed by atoms with Crippen LogP contribution in [0.3, 0.4) is 0 Å². The van der Waals surface area contributed by atoms with E-state index in [2.05, 4.69) is 0 Å². The summed E-state index contributed by atoms with van der Waals surface area (Å²) in [7, 11) is 1.64. The second kappa shape index (κ2) is 7.29. The number of aliphatic hydroxyl groups excluding tert-OH is 1. The zero-order chi connectivity index (χ0) is 18.9. The van der Waals surface area contributed by atoms with Gasteiger partial charge < -0.3 is 28.8 Å². The molecule has 2 aliphatic rings. The number of ether oxygens (including phenoxy) is 5. The van der Waals surface area contributed by atoms with Crippen LogP contribution in [0.2, 0.25) is 0 Å². The molecule has 0 bridgehead atoms. The van der Waals surface area contributed by atoms with Crippen LogP contribution < -0.4 is 4.74 Å². The molecule has 4 atom stereocenters. The molecular weight excluding hydrogens is 336 g/mol. The molecule has 0 radical (unpaired) electrons. The monoisotopic (exact) mass is 364 g/mol. The maximum atomic E-state index is 10.4. The molecule has 0 saturated carbocycles. The predicted molar refractivity (Wildman–Crippen MR) is 96.8 cm³/mol. The zero-order valence-corrected chi connectivity index (χ0v) is 16.0. The lowest BCUT2D eigenvalue weighted by Gasteiger charge is -2.41. The van der Waals surface area contributed by atoms with Crippen molar-refractivity contribution in [3.63, 3.8) is 0 Å². The average molecular weight is 364 g/mol. The summed E-state index contributed by atoms with van der Waals surface area (Å²) in [6, 6.07) is 7.74. The van der Waals surface area contributed by atoms with Crippen LogP contribution in [0.25, 0.3) is 6.08 Å². The Kier molecular flexibility index (Phi) is 5.42. The molecule has 3 rings (SSSR count). The Morgan fingerprint density at radius 2 is 1.73 bits per heavy atom. The Morgan fingerprint density at radius 1 is 1.04 bits per heavy atom. The van der Waals surface area contributed by atoms with Gasteiger partial charge in [-0.05, 0) is 33.8 Å². The fourth-order valence-corrected chi connectivity index (χ4v) is 3.33. The Balaban J connectivity index is 1.83. The lowest BCUT2D eigenvalue weighted by molar-refractivity contribution is -0.322. The van der Waals surface area contributed by atoms with Crippen LogP contribution in [-0.2, 0) is 18.9 Å². The van der Waals surface area contributed by atoms with Gasteiger partial charge in [0.2, 0.25) is 0 Å². The van der Waals surface area contributed by atoms with Crippen molar-refractivity contribution in [2.75, 3.05) is 13.7 Å². The first-order chi connectivity index (χ1) is 12.2. The van der Waals surface area contributed by atoms with E-state index in [9.17, 15) is 5.11 Å². The van der Waals surface area contributed by atoms with Gasteiger partial charge >= 0.3 is 0 Å². The van der Waals surface area contributed by atoms with Crippen LogP contribution in [0.5, 0.6) is 5.75 Å². The van der Waals surface area contributed by atoms with E-state index in [1.807, 2.05) is 64.1 Å². The summed E-state index contributed by atoms with van der Waals surface area (Å²) in [4.78, 5) is 0. The minimum atomic E-state index is -0.785. The smallest absolute Gasteiger partial charge is 0.164 e. The van der Waals surface area contributed by atoms with Gasteiger partial charge in [0, 0.05) is 5.56 Å². The number of hydrogen-bond acceptors (Lipinski definition) is 6. The lowest BCUT2D eigenvalue weighted by Crippen LogP contribution is -2.55. The van der Waals surface area contributed by atoms with Gasteiger partial charge in [-0.1, -0.05) is 30.4 Å². The molecule has 144 valence electrons. The van der Waals surface area contributed by atoms with Gasteiger partial charge in [-0.3, -0.25) is 0 Å². The molecule has 1 aromatic rings. The van der Waals surface area contributed by atoms with E-state index < -0.39 is 29.9 Å². The van der Waals surface area contributed by atoms with Crippen LogP contribution in [-0.4, -0.2) is 54.8 Å². The third-order valence-electron chi connectivity index (χ3n) is 4.49. The highest BCUT2D eigenvalue weighted by Gasteiger charge is 2.50. The molecular formula is C20H28O6. The molecule has 0 amide bonds. The Labute approximate surface area is 154 Å². The van der Waals surface area contributed by atoms with Crippen molar-refractivity contribution in [2.24, 2.45) is 0 Å². The number of hydrogen-bond donors (Lipinski definition) is 1. The minimum absolute atomic E-state index is 0.195. The molecule has 0 spiro atoms. The molecule has 0 aromatic heterocycles. The van der Waals surface area contributed by atoms with Crippen molar-refractivity contribution in [3.8, 4) is 5.75 Å². The number of para-hydroxylation sites is 1. The molecule has 2 fully saturated rings. The molecule has 26 heavy (non-hydrogen) atoms. The van der Waals surface area contributed by atoms with E-state index in [4.69, 9.17) is 23.7 Å². The first-order valence-electron chi connectivity index (χ1n) is 8.87. The van der Waals surface area contributed by atoms with Gasteiger partial charge in [0.25, 0.3) is 0 Å². The van der Waals surface area contributed by atoms with E-state index >= 15 is 0 Å². The third kappa shape index (κ3) is 4.27. The Bertz CT molecular complexity index is 653. The average Bonchev–Trinajstić information content (AvgIpc) is 2.90. The van der Waals surface area contributed by atoms with E-state index in [-0.39, 0.29) is 12.7 Å². The number of methoxy groups -OCH3 is 1. The highest BCUT2D eigenvalue weighted by atomic mass is 16.8. The number of benzene rings is 1. The first kappa shape index (κ1) is 19.3. The summed E-state index contributed by atoms with van der Waals surface area (Å²) in [5.74, 6) is -0.773. The highest BCUT2D eigenvalue weighted by Crippen LogP contribution is 2.36. The number of rotatable bonds is 4. The van der Waals surface area contributed by atoms with E-state index in [1.54, 1.807) is 7.11 Å². The van der Waals surface area contributed by atoms with Crippen LogP contribution in [0, 0.1) is 0 Å². The maximum Gasteiger partial charge on any atom is 0.164 e. The zero-order valence-electron chi connectivity index (χ0n) is 16.0. The molecule has 1 aromatic carbocycles. The number of aliphatic hydroxyl groups is 1. The maximum absolute atomic E-state index is 10.4. The predicted octanol–water partition coefficient (Wildman–Crippen LogP) is 2.74. The summed E-state index contributed by atoms with van der Waals surface area (Å²) in [6.07, 6.45) is 1.71. The van der Waals surface area contributed by atoms with Gasteiger partial charge in [-0.2, -0.15) is 0 Å². The molecule has 0 aliphatic carbocycles. The second-order valence-corrected chi connectivity index (χ2v) is 7.53. The van der Waals surface area contributed by atoms with Gasteiger partial charge in [0.05, 0.1) is 13.7 Å². The van der Waals surface area contributed by atoms with Crippen LogP contribution in [0.15, 0.2) is 30.3 Å². The minimum Gasteiger partial charge on any atom is -0.496 e. The Hall–Kier alpha value is -1.44. The molecule has 6 nitrogen and oxygen atoms in total. The van der Waals surface area contributed by atoms with Crippen LogP contribution in [0.4, 0.5) is 0 Å². The van der Waals surface area contributed by atoms with E-state index in [0.717, 1.165) is 11.3 Å². The second-order valence-electron chi connectivity index (χ2n) is 7.53. The molecule has 2 saturated heterocycles. The van der Waals surface area contributed by atoms with E-state index in [0.29, 0.717) is 0 Å². The van der Waals surface area contributed by atoms with Crippen molar-refractivity contribution < 1.29 is 28.8 Å². The Morgan fingerprint density at radius 3 is 2.46 bits per heavy atom. The quantitative estimate of drug-likeness (QED) is 0.886. The van der Waals surface area contributed by atoms with Crippen molar-refractivity contribution >= 4 is 6.08 Å². The topological polar surface area (TPSA) is 66.4 Å². The van der Waals surface area contributed by atoms with Gasteiger partial charge in [-0.25, -0.2) is 0 Å². The molecule has 1 N–H and O–H groups in total. The SMILES string of the molecule is COc1ccccc1/C=C/[C@H]1OC(C)(C)O[C@H]1[C@@H]1OC(C)(C)OC[C@H]1O. The molecule has 6 heteroatoms. The summed E-state index contributed by atoms with van der Waals surface area (Å²) in [6.45, 7) is 7.56. The standard InChI is InChI=1S/C20H28O6/c1-19(2)23-12-14(21)17(25-19)18-16(24-20(3,4)26-18)11-10-13-8-6-7-9-15(13)22-5/h6-11,14,16-18,21H,12H2,1-5H3/b11-10+/t14-,16-,17-,18-/m1/s1. The van der Waals surface area contributed by atoms with Crippen LogP contribution >= 0.6 is 0 Å². The summed E-state index contributed by atoms with van der Waals surface area (Å²) >= 11 is 0. The van der Waals surface area contributed by atoms with E-state index in [1.165, 1.54) is 0 Å². The molecule has 2 heterocycles.